The SMILES string of the molecule is Cc1cc(C)c(C)c(Oc2cc(NCC(O)CCl)cc([N+](=O)[O-])c2)c1. The van der Waals surface area contributed by atoms with Crippen LogP contribution in [0.15, 0.2) is 30.3 Å². The van der Waals surface area contributed by atoms with Crippen LogP contribution in [0.1, 0.15) is 16.7 Å². The molecular weight excluding hydrogens is 344 g/mol. The van der Waals surface area contributed by atoms with Gasteiger partial charge in [0.2, 0.25) is 0 Å². The number of ether oxygens (including phenoxy) is 1. The number of benzene rings is 2. The fourth-order valence-electron chi connectivity index (χ4n) is 2.37. The van der Waals surface area contributed by atoms with Crippen molar-refractivity contribution in [3.8, 4) is 11.5 Å². The smallest absolute Gasteiger partial charge is 0.275 e. The first kappa shape index (κ1) is 19.0. The number of halogens is 1. The van der Waals surface area contributed by atoms with Crippen molar-refractivity contribution < 1.29 is 14.8 Å². The summed E-state index contributed by atoms with van der Waals surface area (Å²) in [6.45, 7) is 6.08. The van der Waals surface area contributed by atoms with E-state index >= 15 is 0 Å². The summed E-state index contributed by atoms with van der Waals surface area (Å²) in [5, 5.41) is 23.7. The molecule has 0 aliphatic carbocycles. The van der Waals surface area contributed by atoms with Gasteiger partial charge in [-0.15, -0.1) is 11.6 Å². The molecule has 0 amide bonds. The van der Waals surface area contributed by atoms with E-state index in [1.165, 1.54) is 12.1 Å². The number of aliphatic hydroxyl groups is 1. The summed E-state index contributed by atoms with van der Waals surface area (Å²) >= 11 is 5.56. The number of nitro benzene ring substituents is 1. The van der Waals surface area contributed by atoms with E-state index in [4.69, 9.17) is 16.3 Å². The zero-order chi connectivity index (χ0) is 18.6. The van der Waals surface area contributed by atoms with Crippen molar-refractivity contribution >= 4 is 23.0 Å². The quantitative estimate of drug-likeness (QED) is 0.434. The molecular formula is C18H21ClN2O4. The second-order valence-electron chi connectivity index (χ2n) is 5.97. The molecule has 2 aromatic carbocycles. The molecule has 0 aliphatic heterocycles. The molecule has 0 bridgehead atoms. The minimum absolute atomic E-state index is 0.0764. The Morgan fingerprint density at radius 1 is 1.24 bits per heavy atom. The lowest BCUT2D eigenvalue weighted by molar-refractivity contribution is -0.384. The van der Waals surface area contributed by atoms with Crippen LogP contribution in [-0.2, 0) is 0 Å². The minimum Gasteiger partial charge on any atom is -0.457 e. The number of hydrogen-bond donors (Lipinski definition) is 2. The van der Waals surface area contributed by atoms with Gasteiger partial charge in [-0.1, -0.05) is 6.07 Å². The monoisotopic (exact) mass is 364 g/mol. The lowest BCUT2D eigenvalue weighted by atomic mass is 10.1. The lowest BCUT2D eigenvalue weighted by Gasteiger charge is -2.14. The maximum absolute atomic E-state index is 11.2. The number of nitro groups is 1. The summed E-state index contributed by atoms with van der Waals surface area (Å²) in [5.41, 5.74) is 3.50. The van der Waals surface area contributed by atoms with Crippen LogP contribution in [0.4, 0.5) is 11.4 Å². The highest BCUT2D eigenvalue weighted by atomic mass is 35.5. The molecule has 1 unspecified atom stereocenters. The van der Waals surface area contributed by atoms with Crippen LogP contribution in [0.5, 0.6) is 11.5 Å². The molecule has 2 aromatic rings. The summed E-state index contributed by atoms with van der Waals surface area (Å²) in [4.78, 5) is 10.7. The summed E-state index contributed by atoms with van der Waals surface area (Å²) in [6.07, 6.45) is -0.744. The number of rotatable bonds is 7. The van der Waals surface area contributed by atoms with Crippen LogP contribution >= 0.6 is 11.6 Å². The molecule has 25 heavy (non-hydrogen) atoms. The summed E-state index contributed by atoms with van der Waals surface area (Å²) in [7, 11) is 0. The van der Waals surface area contributed by atoms with Crippen molar-refractivity contribution in [3.05, 3.63) is 57.1 Å². The maximum atomic E-state index is 11.2. The number of hydrogen-bond acceptors (Lipinski definition) is 5. The average Bonchev–Trinajstić information content (AvgIpc) is 2.56. The van der Waals surface area contributed by atoms with Crippen LogP contribution < -0.4 is 10.1 Å². The molecule has 0 spiro atoms. The Hall–Kier alpha value is -2.31. The van der Waals surface area contributed by atoms with Crippen molar-refractivity contribution in [2.45, 2.75) is 26.9 Å². The Kier molecular flexibility index (Phi) is 6.22. The predicted octanol–water partition coefficient (Wildman–Crippen LogP) is 4.32. The van der Waals surface area contributed by atoms with Crippen LogP contribution in [0, 0.1) is 30.9 Å². The zero-order valence-electron chi connectivity index (χ0n) is 14.4. The standard InChI is InChI=1S/C18H21ClN2O4/c1-11-4-12(2)13(3)18(5-11)25-17-7-14(20-10-16(22)9-19)6-15(8-17)21(23)24/h4-8,16,20,22H,9-10H2,1-3H3. The van der Waals surface area contributed by atoms with Gasteiger partial charge < -0.3 is 15.2 Å². The molecule has 6 nitrogen and oxygen atoms in total. The van der Waals surface area contributed by atoms with E-state index in [1.807, 2.05) is 26.8 Å². The van der Waals surface area contributed by atoms with E-state index in [0.29, 0.717) is 17.2 Å². The summed E-state index contributed by atoms with van der Waals surface area (Å²) in [6, 6.07) is 8.37. The zero-order valence-corrected chi connectivity index (χ0v) is 15.1. The number of anilines is 1. The van der Waals surface area contributed by atoms with Gasteiger partial charge in [-0.25, -0.2) is 0 Å². The molecule has 0 aliphatic rings. The predicted molar refractivity (Wildman–Crippen MR) is 99.0 cm³/mol. The Labute approximate surface area is 151 Å². The van der Waals surface area contributed by atoms with Crippen molar-refractivity contribution in [1.82, 2.24) is 0 Å². The van der Waals surface area contributed by atoms with E-state index in [-0.39, 0.29) is 18.1 Å². The topological polar surface area (TPSA) is 84.6 Å². The van der Waals surface area contributed by atoms with E-state index in [1.54, 1.807) is 6.07 Å². The number of aliphatic hydroxyl groups excluding tert-OH is 1. The van der Waals surface area contributed by atoms with Crippen molar-refractivity contribution in [1.29, 1.82) is 0 Å². The van der Waals surface area contributed by atoms with E-state index in [9.17, 15) is 15.2 Å². The van der Waals surface area contributed by atoms with Crippen LogP contribution in [0.2, 0.25) is 0 Å². The van der Waals surface area contributed by atoms with Crippen LogP contribution in [0.25, 0.3) is 0 Å². The second kappa shape index (κ2) is 8.18. The van der Waals surface area contributed by atoms with Crippen molar-refractivity contribution in [3.63, 3.8) is 0 Å². The number of aryl methyl sites for hydroxylation is 2. The molecule has 1 atom stereocenters. The highest BCUT2D eigenvalue weighted by Crippen LogP contribution is 2.32. The Bertz CT molecular complexity index is 780. The molecule has 0 radical (unpaired) electrons. The third-order valence-electron chi connectivity index (χ3n) is 3.81. The molecule has 7 heteroatoms. The van der Waals surface area contributed by atoms with Gasteiger partial charge in [0.1, 0.15) is 11.5 Å². The number of non-ortho nitro benzene ring substituents is 1. The Balaban J connectivity index is 2.33. The van der Waals surface area contributed by atoms with Gasteiger partial charge in [-0.2, -0.15) is 0 Å². The van der Waals surface area contributed by atoms with Crippen molar-refractivity contribution in [2.75, 3.05) is 17.7 Å². The normalized spacial score (nSPS) is 11.9. The number of nitrogens with zero attached hydrogens (tertiary/aromatic N) is 1. The van der Waals surface area contributed by atoms with Gasteiger partial charge >= 0.3 is 0 Å². The Morgan fingerprint density at radius 2 is 1.96 bits per heavy atom. The molecule has 0 heterocycles. The fraction of sp³-hybridized carbons (Fsp3) is 0.333. The molecule has 2 N–H and O–H groups in total. The minimum atomic E-state index is -0.744. The molecule has 0 saturated heterocycles. The van der Waals surface area contributed by atoms with E-state index < -0.39 is 11.0 Å². The molecule has 0 fully saturated rings. The number of alkyl halides is 1. The fourth-order valence-corrected chi connectivity index (χ4v) is 2.48. The van der Waals surface area contributed by atoms with E-state index in [0.717, 1.165) is 16.7 Å². The van der Waals surface area contributed by atoms with Gasteiger partial charge in [-0.3, -0.25) is 10.1 Å². The third kappa shape index (κ3) is 5.08. The third-order valence-corrected chi connectivity index (χ3v) is 4.17. The average molecular weight is 365 g/mol. The Morgan fingerprint density at radius 3 is 2.60 bits per heavy atom. The first-order chi connectivity index (χ1) is 11.8. The second-order valence-corrected chi connectivity index (χ2v) is 6.28. The first-order valence-corrected chi connectivity index (χ1v) is 8.36. The van der Waals surface area contributed by atoms with E-state index in [2.05, 4.69) is 11.4 Å². The number of nitrogens with one attached hydrogen (secondary N) is 1. The summed E-state index contributed by atoms with van der Waals surface area (Å²) in [5.74, 6) is 1.09. The molecule has 0 saturated carbocycles. The summed E-state index contributed by atoms with van der Waals surface area (Å²) < 4.78 is 5.90. The van der Waals surface area contributed by atoms with Crippen LogP contribution in [0.3, 0.4) is 0 Å². The molecule has 2 rings (SSSR count). The highest BCUT2D eigenvalue weighted by molar-refractivity contribution is 6.18. The lowest BCUT2D eigenvalue weighted by Crippen LogP contribution is -2.20. The van der Waals surface area contributed by atoms with Gasteiger partial charge in [0.05, 0.1) is 23.0 Å². The van der Waals surface area contributed by atoms with Gasteiger partial charge in [0.25, 0.3) is 5.69 Å². The first-order valence-electron chi connectivity index (χ1n) is 7.83. The van der Waals surface area contributed by atoms with Crippen molar-refractivity contribution in [2.24, 2.45) is 0 Å². The van der Waals surface area contributed by atoms with Gasteiger partial charge in [0, 0.05) is 24.4 Å². The van der Waals surface area contributed by atoms with Crippen LogP contribution in [-0.4, -0.2) is 28.6 Å². The molecule has 0 aromatic heterocycles. The van der Waals surface area contributed by atoms with Gasteiger partial charge in [0.15, 0.2) is 0 Å². The highest BCUT2D eigenvalue weighted by Gasteiger charge is 2.13. The molecule has 134 valence electrons. The van der Waals surface area contributed by atoms with Gasteiger partial charge in [-0.05, 0) is 43.5 Å². The maximum Gasteiger partial charge on any atom is 0.275 e. The largest absolute Gasteiger partial charge is 0.457 e.